The van der Waals surface area contributed by atoms with Gasteiger partial charge in [0, 0.05) is 22.1 Å². The van der Waals surface area contributed by atoms with E-state index in [1.807, 2.05) is 19.1 Å². The average Bonchev–Trinajstić information content (AvgIpc) is 3.04. The molecule has 0 aliphatic carbocycles. The van der Waals surface area contributed by atoms with Crippen LogP contribution in [0.2, 0.25) is 0 Å². The summed E-state index contributed by atoms with van der Waals surface area (Å²) in [7, 11) is 3.18. The van der Waals surface area contributed by atoms with Crippen molar-refractivity contribution in [3.05, 3.63) is 58.0 Å². The van der Waals surface area contributed by atoms with Crippen molar-refractivity contribution in [3.63, 3.8) is 0 Å². The van der Waals surface area contributed by atoms with E-state index in [1.54, 1.807) is 20.3 Å². The van der Waals surface area contributed by atoms with Crippen molar-refractivity contribution >= 4 is 22.4 Å². The third-order valence-electron chi connectivity index (χ3n) is 4.67. The fourth-order valence-electron chi connectivity index (χ4n) is 2.94. The van der Waals surface area contributed by atoms with Crippen LogP contribution in [0.15, 0.2) is 36.4 Å². The molecule has 1 aromatic heterocycles. The minimum atomic E-state index is -0.135. The number of hydrogen-bond acceptors (Lipinski definition) is 5. The van der Waals surface area contributed by atoms with Gasteiger partial charge in [0.25, 0.3) is 0 Å². The zero-order valence-electron chi connectivity index (χ0n) is 16.8. The lowest BCUT2D eigenvalue weighted by Gasteiger charge is -2.10. The molecule has 0 atom stereocenters. The number of nitrogens with zero attached hydrogens (tertiary/aromatic N) is 1. The van der Waals surface area contributed by atoms with Gasteiger partial charge in [-0.1, -0.05) is 18.2 Å². The smallest absolute Gasteiger partial charge is 0.230 e. The van der Waals surface area contributed by atoms with Gasteiger partial charge in [-0.25, -0.2) is 4.98 Å². The Balaban J connectivity index is 1.76. The van der Waals surface area contributed by atoms with Crippen LogP contribution in [-0.2, 0) is 11.2 Å². The maximum Gasteiger partial charge on any atom is 0.230 e. The molecule has 1 heterocycles. The normalized spacial score (nSPS) is 10.6. The van der Waals surface area contributed by atoms with Gasteiger partial charge in [0.05, 0.1) is 26.3 Å². The number of amides is 1. The highest BCUT2D eigenvalue weighted by Gasteiger charge is 2.15. The first kappa shape index (κ1) is 19.9. The first-order valence-corrected chi connectivity index (χ1v) is 9.78. The van der Waals surface area contributed by atoms with E-state index < -0.39 is 0 Å². The van der Waals surface area contributed by atoms with Gasteiger partial charge in [-0.2, -0.15) is 0 Å². The fourth-order valence-corrected chi connectivity index (χ4v) is 3.79. The third kappa shape index (κ3) is 4.34. The Bertz CT molecular complexity index is 1010. The number of thiazole rings is 1. The number of methoxy groups -OCH3 is 2. The van der Waals surface area contributed by atoms with Crippen LogP contribution in [0, 0.1) is 20.8 Å². The van der Waals surface area contributed by atoms with Crippen molar-refractivity contribution in [2.24, 2.45) is 0 Å². The number of aryl methyl sites for hydroxylation is 3. The van der Waals surface area contributed by atoms with Gasteiger partial charge >= 0.3 is 0 Å². The molecule has 6 heteroatoms. The Morgan fingerprint density at radius 2 is 1.82 bits per heavy atom. The standard InChI is InChI=1S/C22H24N2O3S/c1-13-6-7-17(10-14(13)2)21-15(3)28-22(24-21)23-20(25)11-16-8-9-18(26-4)12-19(16)27-5/h6-10,12H,11H2,1-5H3,(H,23,24,25). The number of carbonyl (C=O) groups is 1. The molecule has 3 rings (SSSR count). The molecule has 0 bridgehead atoms. The fraction of sp³-hybridized carbons (Fsp3) is 0.273. The molecule has 1 amide bonds. The summed E-state index contributed by atoms with van der Waals surface area (Å²) in [5.74, 6) is 1.18. The van der Waals surface area contributed by atoms with Crippen LogP contribution in [0.1, 0.15) is 21.6 Å². The van der Waals surface area contributed by atoms with Crippen molar-refractivity contribution in [1.29, 1.82) is 0 Å². The molecule has 3 aromatic rings. The number of rotatable bonds is 6. The van der Waals surface area contributed by atoms with E-state index >= 15 is 0 Å². The minimum absolute atomic E-state index is 0.135. The zero-order valence-corrected chi connectivity index (χ0v) is 17.6. The molecule has 0 aliphatic rings. The van der Waals surface area contributed by atoms with Crippen LogP contribution < -0.4 is 14.8 Å². The Labute approximate surface area is 169 Å². The van der Waals surface area contributed by atoms with Crippen molar-refractivity contribution in [2.75, 3.05) is 19.5 Å². The predicted octanol–water partition coefficient (Wildman–Crippen LogP) is 4.93. The predicted molar refractivity (Wildman–Crippen MR) is 114 cm³/mol. The number of benzene rings is 2. The summed E-state index contributed by atoms with van der Waals surface area (Å²) in [6.07, 6.45) is 0.199. The first-order chi connectivity index (χ1) is 13.4. The number of nitrogens with one attached hydrogen (secondary N) is 1. The molecule has 0 fully saturated rings. The van der Waals surface area contributed by atoms with Gasteiger partial charge in [0.15, 0.2) is 5.13 Å². The molecule has 0 saturated carbocycles. The van der Waals surface area contributed by atoms with E-state index in [1.165, 1.54) is 22.5 Å². The van der Waals surface area contributed by atoms with Gasteiger partial charge < -0.3 is 14.8 Å². The van der Waals surface area contributed by atoms with E-state index in [0.717, 1.165) is 21.7 Å². The lowest BCUT2D eigenvalue weighted by Crippen LogP contribution is -2.14. The summed E-state index contributed by atoms with van der Waals surface area (Å²) in [4.78, 5) is 18.2. The van der Waals surface area contributed by atoms with Crippen molar-refractivity contribution in [3.8, 4) is 22.8 Å². The lowest BCUT2D eigenvalue weighted by atomic mass is 10.0. The van der Waals surface area contributed by atoms with E-state index in [9.17, 15) is 4.79 Å². The molecule has 0 saturated heterocycles. The summed E-state index contributed by atoms with van der Waals surface area (Å²) < 4.78 is 10.6. The summed E-state index contributed by atoms with van der Waals surface area (Å²) in [5, 5.41) is 3.51. The minimum Gasteiger partial charge on any atom is -0.497 e. The van der Waals surface area contributed by atoms with Crippen molar-refractivity contribution in [2.45, 2.75) is 27.2 Å². The monoisotopic (exact) mass is 396 g/mol. The lowest BCUT2D eigenvalue weighted by molar-refractivity contribution is -0.115. The molecule has 0 aliphatic heterocycles. The van der Waals surface area contributed by atoms with Gasteiger partial charge in [-0.15, -0.1) is 11.3 Å². The first-order valence-electron chi connectivity index (χ1n) is 8.97. The summed E-state index contributed by atoms with van der Waals surface area (Å²) in [6, 6.07) is 11.7. The van der Waals surface area contributed by atoms with Crippen LogP contribution in [0.25, 0.3) is 11.3 Å². The van der Waals surface area contributed by atoms with E-state index in [4.69, 9.17) is 9.47 Å². The molecular weight excluding hydrogens is 372 g/mol. The van der Waals surface area contributed by atoms with Crippen molar-refractivity contribution < 1.29 is 14.3 Å². The highest BCUT2D eigenvalue weighted by Crippen LogP contribution is 2.32. The molecular formula is C22H24N2O3S. The maximum atomic E-state index is 12.5. The number of aromatic nitrogens is 1. The number of hydrogen-bond donors (Lipinski definition) is 1. The van der Waals surface area contributed by atoms with E-state index in [2.05, 4.69) is 42.3 Å². The second kappa shape index (κ2) is 8.44. The van der Waals surface area contributed by atoms with Gasteiger partial charge in [-0.05, 0) is 44.0 Å². The second-order valence-corrected chi connectivity index (χ2v) is 7.83. The maximum absolute atomic E-state index is 12.5. The SMILES string of the molecule is COc1ccc(CC(=O)Nc2nc(-c3ccc(C)c(C)c3)c(C)s2)c(OC)c1. The Hall–Kier alpha value is -2.86. The molecule has 5 nitrogen and oxygen atoms in total. The molecule has 0 radical (unpaired) electrons. The van der Waals surface area contributed by atoms with Crippen LogP contribution in [0.4, 0.5) is 5.13 Å². The molecule has 28 heavy (non-hydrogen) atoms. The largest absolute Gasteiger partial charge is 0.497 e. The summed E-state index contributed by atoms with van der Waals surface area (Å²) >= 11 is 1.48. The number of anilines is 1. The Kier molecular flexibility index (Phi) is 5.99. The van der Waals surface area contributed by atoms with Crippen molar-refractivity contribution in [1.82, 2.24) is 4.98 Å². The van der Waals surface area contributed by atoms with Gasteiger partial charge in [0.2, 0.25) is 5.91 Å². The number of ether oxygens (including phenoxy) is 2. The van der Waals surface area contributed by atoms with Crippen LogP contribution in [-0.4, -0.2) is 25.1 Å². The molecule has 0 unspecified atom stereocenters. The highest BCUT2D eigenvalue weighted by atomic mass is 32.1. The zero-order chi connectivity index (χ0) is 20.3. The van der Waals surface area contributed by atoms with Crippen LogP contribution >= 0.6 is 11.3 Å². The third-order valence-corrected chi connectivity index (χ3v) is 5.55. The summed E-state index contributed by atoms with van der Waals surface area (Å²) in [6.45, 7) is 6.20. The van der Waals surface area contributed by atoms with Crippen LogP contribution in [0.3, 0.4) is 0 Å². The average molecular weight is 397 g/mol. The molecule has 146 valence electrons. The van der Waals surface area contributed by atoms with Gasteiger partial charge in [-0.3, -0.25) is 4.79 Å². The van der Waals surface area contributed by atoms with E-state index in [-0.39, 0.29) is 12.3 Å². The Morgan fingerprint density at radius 3 is 2.50 bits per heavy atom. The highest BCUT2D eigenvalue weighted by molar-refractivity contribution is 7.16. The Morgan fingerprint density at radius 1 is 1.04 bits per heavy atom. The summed E-state index contributed by atoms with van der Waals surface area (Å²) in [5.41, 5.74) is 5.24. The molecule has 2 aromatic carbocycles. The molecule has 1 N–H and O–H groups in total. The van der Waals surface area contributed by atoms with E-state index in [0.29, 0.717) is 16.6 Å². The van der Waals surface area contributed by atoms with Crippen LogP contribution in [0.5, 0.6) is 11.5 Å². The molecule has 0 spiro atoms. The quantitative estimate of drug-likeness (QED) is 0.641. The van der Waals surface area contributed by atoms with Gasteiger partial charge in [0.1, 0.15) is 11.5 Å². The topological polar surface area (TPSA) is 60.5 Å². The second-order valence-electron chi connectivity index (χ2n) is 6.63. The number of carbonyl (C=O) groups excluding carboxylic acids is 1.